The van der Waals surface area contributed by atoms with Crippen molar-refractivity contribution in [1.82, 2.24) is 4.90 Å². The predicted octanol–water partition coefficient (Wildman–Crippen LogP) is 2.00. The number of carbonyl (C=O) groups excluding carboxylic acids is 1. The first-order valence-corrected chi connectivity index (χ1v) is 7.36. The van der Waals surface area contributed by atoms with Crippen molar-refractivity contribution in [3.8, 4) is 6.07 Å². The van der Waals surface area contributed by atoms with Crippen LogP contribution in [0.3, 0.4) is 0 Å². The monoisotopic (exact) mass is 307 g/mol. The number of carbonyl (C=O) groups is 1. The first-order chi connectivity index (χ1) is 10.1. The van der Waals surface area contributed by atoms with Gasteiger partial charge >= 0.3 is 0 Å². The van der Waals surface area contributed by atoms with E-state index in [4.69, 9.17) is 22.0 Å². The van der Waals surface area contributed by atoms with Gasteiger partial charge in [0.2, 0.25) is 5.91 Å². The van der Waals surface area contributed by atoms with Gasteiger partial charge < -0.3 is 10.4 Å². The number of nitriles is 1. The Bertz CT molecular complexity index is 552. The second-order valence-corrected chi connectivity index (χ2v) is 5.54. The van der Waals surface area contributed by atoms with Crippen LogP contribution in [0.15, 0.2) is 18.2 Å². The molecule has 2 rings (SSSR count). The van der Waals surface area contributed by atoms with Crippen LogP contribution in [0.4, 0.5) is 5.69 Å². The Kier molecular flexibility index (Phi) is 5.57. The van der Waals surface area contributed by atoms with E-state index in [-0.39, 0.29) is 19.1 Å². The van der Waals surface area contributed by atoms with Crippen LogP contribution in [0.25, 0.3) is 0 Å². The molecule has 1 amide bonds. The molecule has 0 aromatic heterocycles. The van der Waals surface area contributed by atoms with Gasteiger partial charge in [0.1, 0.15) is 6.07 Å². The molecule has 0 radical (unpaired) electrons. The van der Waals surface area contributed by atoms with E-state index < -0.39 is 0 Å². The number of rotatable bonds is 6. The second kappa shape index (κ2) is 7.41. The number of hydrogen-bond donors (Lipinski definition) is 2. The zero-order chi connectivity index (χ0) is 15.2. The molecular formula is C15H18ClN3O2. The molecule has 0 unspecified atom stereocenters. The molecule has 0 saturated heterocycles. The molecule has 6 heteroatoms. The first-order valence-electron chi connectivity index (χ1n) is 6.98. The molecule has 1 aromatic rings. The number of aliphatic hydroxyl groups is 1. The van der Waals surface area contributed by atoms with Gasteiger partial charge in [-0.1, -0.05) is 18.0 Å². The number of benzene rings is 1. The van der Waals surface area contributed by atoms with Crippen LogP contribution in [0, 0.1) is 11.3 Å². The number of amides is 1. The lowest BCUT2D eigenvalue weighted by atomic mass is 9.91. The molecule has 1 aliphatic carbocycles. The second-order valence-electron chi connectivity index (χ2n) is 5.13. The van der Waals surface area contributed by atoms with Gasteiger partial charge in [-0.25, -0.2) is 0 Å². The zero-order valence-corrected chi connectivity index (χ0v) is 12.4. The van der Waals surface area contributed by atoms with Crippen LogP contribution in [-0.2, 0) is 4.79 Å². The summed E-state index contributed by atoms with van der Waals surface area (Å²) in [5.74, 6) is -0.142. The summed E-state index contributed by atoms with van der Waals surface area (Å²) in [7, 11) is 0. The van der Waals surface area contributed by atoms with Crippen molar-refractivity contribution in [1.29, 1.82) is 5.26 Å². The van der Waals surface area contributed by atoms with Crippen LogP contribution in [-0.4, -0.2) is 41.7 Å². The van der Waals surface area contributed by atoms with E-state index >= 15 is 0 Å². The maximum absolute atomic E-state index is 12.1. The lowest BCUT2D eigenvalue weighted by molar-refractivity contribution is -0.118. The molecule has 0 aliphatic heterocycles. The molecule has 112 valence electrons. The van der Waals surface area contributed by atoms with E-state index in [1.807, 2.05) is 11.0 Å². The molecule has 0 bridgehead atoms. The largest absolute Gasteiger partial charge is 0.395 e. The van der Waals surface area contributed by atoms with Gasteiger partial charge in [-0.15, -0.1) is 0 Å². The van der Waals surface area contributed by atoms with Gasteiger partial charge in [0.25, 0.3) is 0 Å². The van der Waals surface area contributed by atoms with Gasteiger partial charge in [-0.05, 0) is 31.0 Å². The van der Waals surface area contributed by atoms with E-state index in [2.05, 4.69) is 5.32 Å². The summed E-state index contributed by atoms with van der Waals surface area (Å²) in [4.78, 5) is 14.1. The standard InChI is InChI=1S/C15H18ClN3O2/c16-14-8-12(5-4-11(14)9-17)18-15(21)10-19(6-7-20)13-2-1-3-13/h4-5,8,13,20H,1-3,6-7,10H2,(H,18,21). The summed E-state index contributed by atoms with van der Waals surface area (Å²) < 4.78 is 0. The van der Waals surface area contributed by atoms with Crippen molar-refractivity contribution in [3.05, 3.63) is 28.8 Å². The van der Waals surface area contributed by atoms with Crippen LogP contribution in [0.1, 0.15) is 24.8 Å². The highest BCUT2D eigenvalue weighted by molar-refractivity contribution is 6.32. The van der Waals surface area contributed by atoms with Crippen LogP contribution in [0.5, 0.6) is 0 Å². The Hall–Kier alpha value is -1.61. The lowest BCUT2D eigenvalue weighted by Gasteiger charge is -2.36. The maximum atomic E-state index is 12.1. The van der Waals surface area contributed by atoms with E-state index in [1.54, 1.807) is 18.2 Å². The Morgan fingerprint density at radius 2 is 2.29 bits per heavy atom. The van der Waals surface area contributed by atoms with Gasteiger partial charge in [0.05, 0.1) is 23.7 Å². The average Bonchev–Trinajstić information content (AvgIpc) is 2.37. The summed E-state index contributed by atoms with van der Waals surface area (Å²) in [5, 5.41) is 21.0. The zero-order valence-electron chi connectivity index (χ0n) is 11.7. The topological polar surface area (TPSA) is 76.4 Å². The molecule has 21 heavy (non-hydrogen) atoms. The molecular weight excluding hydrogens is 290 g/mol. The van der Waals surface area contributed by atoms with E-state index in [0.29, 0.717) is 28.9 Å². The number of nitrogens with one attached hydrogen (secondary N) is 1. The van der Waals surface area contributed by atoms with E-state index in [0.717, 1.165) is 12.8 Å². The molecule has 0 atom stereocenters. The Morgan fingerprint density at radius 3 is 2.81 bits per heavy atom. The van der Waals surface area contributed by atoms with Crippen molar-refractivity contribution in [3.63, 3.8) is 0 Å². The minimum Gasteiger partial charge on any atom is -0.395 e. The Labute approximate surface area is 129 Å². The highest BCUT2D eigenvalue weighted by Gasteiger charge is 2.26. The minimum absolute atomic E-state index is 0.0481. The summed E-state index contributed by atoms with van der Waals surface area (Å²) >= 11 is 5.93. The number of nitrogens with zero attached hydrogens (tertiary/aromatic N) is 2. The SMILES string of the molecule is N#Cc1ccc(NC(=O)CN(CCO)C2CCC2)cc1Cl. The highest BCUT2D eigenvalue weighted by atomic mass is 35.5. The van der Waals surface area contributed by atoms with Crippen LogP contribution >= 0.6 is 11.6 Å². The van der Waals surface area contributed by atoms with Gasteiger partial charge in [0.15, 0.2) is 0 Å². The summed E-state index contributed by atoms with van der Waals surface area (Å²) in [6, 6.07) is 7.17. The molecule has 5 nitrogen and oxygen atoms in total. The third kappa shape index (κ3) is 4.18. The molecule has 1 saturated carbocycles. The molecule has 1 fully saturated rings. The van der Waals surface area contributed by atoms with Crippen molar-refractivity contribution < 1.29 is 9.90 Å². The first kappa shape index (κ1) is 15.8. The third-order valence-electron chi connectivity index (χ3n) is 3.70. The smallest absolute Gasteiger partial charge is 0.238 e. The van der Waals surface area contributed by atoms with Gasteiger partial charge in [-0.3, -0.25) is 9.69 Å². The fourth-order valence-electron chi connectivity index (χ4n) is 2.34. The highest BCUT2D eigenvalue weighted by Crippen LogP contribution is 2.24. The number of hydrogen-bond acceptors (Lipinski definition) is 4. The van der Waals surface area contributed by atoms with Crippen LogP contribution < -0.4 is 5.32 Å². The summed E-state index contributed by atoms with van der Waals surface area (Å²) in [6.45, 7) is 0.807. The molecule has 0 heterocycles. The minimum atomic E-state index is -0.142. The number of anilines is 1. The quantitative estimate of drug-likeness (QED) is 0.843. The molecule has 1 aliphatic rings. The summed E-state index contributed by atoms with van der Waals surface area (Å²) in [5.41, 5.74) is 0.951. The molecule has 2 N–H and O–H groups in total. The predicted molar refractivity (Wildman–Crippen MR) is 81.1 cm³/mol. The van der Waals surface area contributed by atoms with Crippen molar-refractivity contribution in [2.24, 2.45) is 0 Å². The summed E-state index contributed by atoms with van der Waals surface area (Å²) in [6.07, 6.45) is 3.34. The fourth-order valence-corrected chi connectivity index (χ4v) is 2.56. The van der Waals surface area contributed by atoms with Crippen molar-refractivity contribution in [2.45, 2.75) is 25.3 Å². The van der Waals surface area contributed by atoms with Crippen LogP contribution in [0.2, 0.25) is 5.02 Å². The Balaban J connectivity index is 1.94. The van der Waals surface area contributed by atoms with Crippen molar-refractivity contribution in [2.75, 3.05) is 25.0 Å². The van der Waals surface area contributed by atoms with Gasteiger partial charge in [-0.2, -0.15) is 5.26 Å². The van der Waals surface area contributed by atoms with Gasteiger partial charge in [0, 0.05) is 18.3 Å². The van der Waals surface area contributed by atoms with E-state index in [1.165, 1.54) is 6.42 Å². The molecule has 1 aromatic carbocycles. The average molecular weight is 308 g/mol. The van der Waals surface area contributed by atoms with Crippen molar-refractivity contribution >= 4 is 23.2 Å². The lowest BCUT2D eigenvalue weighted by Crippen LogP contribution is -2.45. The maximum Gasteiger partial charge on any atom is 0.238 e. The Morgan fingerprint density at radius 1 is 1.52 bits per heavy atom. The molecule has 0 spiro atoms. The number of aliphatic hydroxyl groups excluding tert-OH is 1. The fraction of sp³-hybridized carbons (Fsp3) is 0.467. The van der Waals surface area contributed by atoms with E-state index in [9.17, 15) is 4.79 Å². The number of halogens is 1. The third-order valence-corrected chi connectivity index (χ3v) is 4.01. The normalized spacial score (nSPS) is 14.6.